The van der Waals surface area contributed by atoms with Crippen LogP contribution < -0.4 is 5.01 Å². The Balaban J connectivity index is 1.56. The minimum absolute atomic E-state index is 0.280. The number of aromatic nitrogens is 1. The van der Waals surface area contributed by atoms with Gasteiger partial charge in [-0.2, -0.15) is 20.3 Å². The highest BCUT2D eigenvalue weighted by atomic mass is 79.9. The maximum absolute atomic E-state index is 12.9. The molecule has 2 heterocycles. The van der Waals surface area contributed by atoms with Gasteiger partial charge in [0, 0.05) is 28.8 Å². The Morgan fingerprint density at radius 3 is 2.37 bits per heavy atom. The summed E-state index contributed by atoms with van der Waals surface area (Å²) < 4.78 is 3.40. The number of hydrogen-bond donors (Lipinski definition) is 0. The molecular weight excluding hydrogens is 666 g/mol. The van der Waals surface area contributed by atoms with Crippen molar-refractivity contribution in [3.63, 3.8) is 0 Å². The fourth-order valence-electron chi connectivity index (χ4n) is 2.69. The summed E-state index contributed by atoms with van der Waals surface area (Å²) >= 11 is 15.1. The fourth-order valence-corrected chi connectivity index (χ4v) is 6.16. The van der Waals surface area contributed by atoms with Crippen molar-refractivity contribution in [3.05, 3.63) is 59.7 Å². The number of hydrogen-bond acceptors (Lipinski definition) is 6. The second-order valence-electron chi connectivity index (χ2n) is 6.25. The first-order valence-electron chi connectivity index (χ1n) is 8.49. The Morgan fingerprint density at radius 1 is 1.03 bits per heavy atom. The van der Waals surface area contributed by atoms with Crippen LogP contribution in [-0.4, -0.2) is 22.6 Å². The molecule has 11 heteroatoms. The van der Waals surface area contributed by atoms with Crippen LogP contribution in [0.3, 0.4) is 0 Å². The van der Waals surface area contributed by atoms with Gasteiger partial charge in [-0.15, -0.1) is 11.3 Å². The average molecular weight is 677 g/mol. The van der Waals surface area contributed by atoms with Crippen molar-refractivity contribution in [2.24, 2.45) is 15.3 Å². The van der Waals surface area contributed by atoms with E-state index in [1.807, 2.05) is 41.8 Å². The standard InChI is InChI=1S/C19H11Br4N5OS/c1-9-16(25-26-17-13(22)6-12(21)7-14(17)23)18(29)28(27-9)19-24-15(8-30-19)10-2-4-11(20)5-3-10/h2-8,16H,1H3/t16-/m0/s1. The number of anilines is 1. The summed E-state index contributed by atoms with van der Waals surface area (Å²) in [5, 5.41) is 16.6. The van der Waals surface area contributed by atoms with Gasteiger partial charge in [0.25, 0.3) is 5.91 Å². The summed E-state index contributed by atoms with van der Waals surface area (Å²) in [6.07, 6.45) is 0. The van der Waals surface area contributed by atoms with Gasteiger partial charge in [-0.3, -0.25) is 4.79 Å². The molecule has 0 radical (unpaired) electrons. The number of benzene rings is 2. The van der Waals surface area contributed by atoms with Crippen molar-refractivity contribution < 1.29 is 4.79 Å². The SMILES string of the molecule is CC1=NN(c2nc(-c3ccc(Br)cc3)cs2)C(=O)[C@H]1N=Nc1c(Br)cc(Br)cc1Br. The first-order chi connectivity index (χ1) is 14.3. The fraction of sp³-hybridized carbons (Fsp3) is 0.105. The van der Waals surface area contributed by atoms with E-state index in [4.69, 9.17) is 0 Å². The van der Waals surface area contributed by atoms with E-state index in [2.05, 4.69) is 84.0 Å². The molecule has 6 nitrogen and oxygen atoms in total. The molecule has 3 aromatic rings. The Kier molecular flexibility index (Phi) is 6.64. The largest absolute Gasteiger partial charge is 0.282 e. The number of carbonyl (C=O) groups is 1. The predicted molar refractivity (Wildman–Crippen MR) is 134 cm³/mol. The van der Waals surface area contributed by atoms with Crippen LogP contribution in [-0.2, 0) is 4.79 Å². The zero-order valence-corrected chi connectivity index (χ0v) is 22.3. The number of halogens is 4. The molecule has 0 aliphatic carbocycles. The topological polar surface area (TPSA) is 70.3 Å². The van der Waals surface area contributed by atoms with Crippen molar-refractivity contribution in [3.8, 4) is 11.3 Å². The van der Waals surface area contributed by atoms with Crippen LogP contribution in [0.2, 0.25) is 0 Å². The highest BCUT2D eigenvalue weighted by molar-refractivity contribution is 9.11. The monoisotopic (exact) mass is 673 g/mol. The second-order valence-corrected chi connectivity index (χ2v) is 10.6. The summed E-state index contributed by atoms with van der Waals surface area (Å²) in [5.74, 6) is -0.280. The summed E-state index contributed by atoms with van der Waals surface area (Å²) in [6.45, 7) is 1.76. The van der Waals surface area contributed by atoms with Crippen molar-refractivity contribution in [1.29, 1.82) is 0 Å². The zero-order chi connectivity index (χ0) is 21.4. The third-order valence-corrected chi connectivity index (χ3v) is 7.18. The lowest BCUT2D eigenvalue weighted by Gasteiger charge is -2.08. The molecule has 0 saturated carbocycles. The molecule has 1 aromatic heterocycles. The molecule has 2 aromatic carbocycles. The Labute approximate surface area is 210 Å². The van der Waals surface area contributed by atoms with Crippen LogP contribution in [0, 0.1) is 0 Å². The lowest BCUT2D eigenvalue weighted by molar-refractivity contribution is -0.117. The minimum Gasteiger partial charge on any atom is -0.269 e. The van der Waals surface area contributed by atoms with E-state index < -0.39 is 6.04 Å². The molecule has 0 unspecified atom stereocenters. The Bertz CT molecular complexity index is 1170. The van der Waals surface area contributed by atoms with Gasteiger partial charge < -0.3 is 0 Å². The molecule has 1 amide bonds. The van der Waals surface area contributed by atoms with Gasteiger partial charge >= 0.3 is 0 Å². The molecule has 0 N–H and O–H groups in total. The van der Waals surface area contributed by atoms with E-state index in [9.17, 15) is 4.79 Å². The zero-order valence-electron chi connectivity index (χ0n) is 15.2. The molecule has 1 atom stereocenters. The van der Waals surface area contributed by atoms with Crippen molar-refractivity contribution in [1.82, 2.24) is 4.98 Å². The third-order valence-electron chi connectivity index (χ3n) is 4.16. The quantitative estimate of drug-likeness (QED) is 0.266. The number of nitrogens with zero attached hydrogens (tertiary/aromatic N) is 5. The lowest BCUT2D eigenvalue weighted by Crippen LogP contribution is -2.29. The molecule has 0 spiro atoms. The number of carbonyl (C=O) groups excluding carboxylic acids is 1. The molecule has 0 bridgehead atoms. The number of azo groups is 1. The molecule has 0 saturated heterocycles. The molecule has 152 valence electrons. The number of thiazole rings is 1. The molecule has 0 fully saturated rings. The first kappa shape index (κ1) is 21.9. The van der Waals surface area contributed by atoms with Crippen LogP contribution in [0.5, 0.6) is 0 Å². The molecular formula is C19H11Br4N5OS. The predicted octanol–water partition coefficient (Wildman–Crippen LogP) is 7.74. The number of rotatable bonds is 4. The number of hydrazone groups is 1. The van der Waals surface area contributed by atoms with Crippen molar-refractivity contribution in [2.75, 3.05) is 5.01 Å². The molecule has 30 heavy (non-hydrogen) atoms. The maximum Gasteiger partial charge on any atom is 0.282 e. The van der Waals surface area contributed by atoms with Crippen molar-refractivity contribution >= 4 is 97.5 Å². The summed E-state index contributed by atoms with van der Waals surface area (Å²) in [5.41, 5.74) is 2.92. The van der Waals surface area contributed by atoms with E-state index in [-0.39, 0.29) is 5.91 Å². The normalized spacial score (nSPS) is 16.6. The van der Waals surface area contributed by atoms with Crippen LogP contribution in [0.15, 0.2) is 75.0 Å². The van der Waals surface area contributed by atoms with Gasteiger partial charge in [0.05, 0.1) is 11.4 Å². The van der Waals surface area contributed by atoms with Crippen molar-refractivity contribution in [2.45, 2.75) is 13.0 Å². The average Bonchev–Trinajstić information content (AvgIpc) is 3.27. The van der Waals surface area contributed by atoms with E-state index in [1.165, 1.54) is 16.3 Å². The van der Waals surface area contributed by atoms with Gasteiger partial charge in [-0.05, 0) is 63.0 Å². The van der Waals surface area contributed by atoms with Crippen LogP contribution in [0.4, 0.5) is 10.8 Å². The van der Waals surface area contributed by atoms with E-state index >= 15 is 0 Å². The second kappa shape index (κ2) is 9.07. The molecule has 1 aliphatic heterocycles. The smallest absolute Gasteiger partial charge is 0.269 e. The molecule has 4 rings (SSSR count). The molecule has 1 aliphatic rings. The summed E-state index contributed by atoms with van der Waals surface area (Å²) in [7, 11) is 0. The highest BCUT2D eigenvalue weighted by Crippen LogP contribution is 2.37. The highest BCUT2D eigenvalue weighted by Gasteiger charge is 2.36. The first-order valence-corrected chi connectivity index (χ1v) is 12.5. The van der Waals surface area contributed by atoms with E-state index in [0.29, 0.717) is 16.5 Å². The summed E-state index contributed by atoms with van der Waals surface area (Å²) in [6, 6.07) is 10.8. The maximum atomic E-state index is 12.9. The third kappa shape index (κ3) is 4.50. The van der Waals surface area contributed by atoms with Crippen LogP contribution in [0.25, 0.3) is 11.3 Å². The van der Waals surface area contributed by atoms with E-state index in [0.717, 1.165) is 29.1 Å². The van der Waals surface area contributed by atoms with Crippen LogP contribution >= 0.6 is 75.1 Å². The van der Waals surface area contributed by atoms with E-state index in [1.54, 1.807) is 6.92 Å². The van der Waals surface area contributed by atoms with Gasteiger partial charge in [-0.25, -0.2) is 4.98 Å². The Morgan fingerprint density at radius 2 is 1.70 bits per heavy atom. The lowest BCUT2D eigenvalue weighted by atomic mass is 10.2. The minimum atomic E-state index is -0.785. The van der Waals surface area contributed by atoms with Crippen LogP contribution in [0.1, 0.15) is 6.92 Å². The van der Waals surface area contributed by atoms with Gasteiger partial charge in [0.15, 0.2) is 6.04 Å². The van der Waals surface area contributed by atoms with Gasteiger partial charge in [0.1, 0.15) is 5.69 Å². The Hall–Kier alpha value is -1.27. The van der Waals surface area contributed by atoms with Gasteiger partial charge in [-0.1, -0.05) is 44.0 Å². The van der Waals surface area contributed by atoms with Gasteiger partial charge in [0.2, 0.25) is 5.13 Å². The number of amides is 1. The summed E-state index contributed by atoms with van der Waals surface area (Å²) in [4.78, 5) is 17.5.